The molecule has 1 spiro atoms. The summed E-state index contributed by atoms with van der Waals surface area (Å²) in [5, 5.41) is 4.70. The number of methoxy groups -OCH3 is 1. The van der Waals surface area contributed by atoms with Gasteiger partial charge in [-0.05, 0) is 25.0 Å². The number of nitrogens with one attached hydrogen (secondary N) is 2. The van der Waals surface area contributed by atoms with Crippen molar-refractivity contribution in [3.05, 3.63) is 35.5 Å². The van der Waals surface area contributed by atoms with Gasteiger partial charge in [0.15, 0.2) is 0 Å². The van der Waals surface area contributed by atoms with Crippen molar-refractivity contribution in [2.45, 2.75) is 37.5 Å². The fourth-order valence-corrected chi connectivity index (χ4v) is 3.98. The summed E-state index contributed by atoms with van der Waals surface area (Å²) in [5.41, 5.74) is 3.14. The molecule has 3 heterocycles. The van der Waals surface area contributed by atoms with Gasteiger partial charge in [-0.3, -0.25) is 10.1 Å². The second-order valence-electron chi connectivity index (χ2n) is 6.18. The van der Waals surface area contributed by atoms with Crippen LogP contribution in [0.5, 0.6) is 0 Å². The molecule has 0 aliphatic carbocycles. The van der Waals surface area contributed by atoms with Crippen LogP contribution in [0.1, 0.15) is 24.6 Å². The number of ether oxygens (including phenoxy) is 2. The molecule has 0 amide bonds. The number of esters is 1. The first kappa shape index (κ1) is 13.8. The van der Waals surface area contributed by atoms with Gasteiger partial charge in [-0.2, -0.15) is 0 Å². The number of aromatic nitrogens is 1. The Morgan fingerprint density at radius 2 is 2.23 bits per heavy atom. The molecule has 1 saturated heterocycles. The van der Waals surface area contributed by atoms with Gasteiger partial charge in [0.1, 0.15) is 6.04 Å². The summed E-state index contributed by atoms with van der Waals surface area (Å²) >= 11 is 0. The van der Waals surface area contributed by atoms with E-state index in [-0.39, 0.29) is 23.7 Å². The van der Waals surface area contributed by atoms with Crippen molar-refractivity contribution < 1.29 is 14.3 Å². The standard InChI is InChI=1S/C17H20N2O3/c1-10-17(7-8-22-10)15-12(9-14(19-17)16(20)21-2)11-5-3-4-6-13(11)18-15/h3-6,10,14,18-19H,7-9H2,1-2H3/t10?,14-,17?/m0/s1. The van der Waals surface area contributed by atoms with Crippen molar-refractivity contribution in [1.29, 1.82) is 0 Å². The summed E-state index contributed by atoms with van der Waals surface area (Å²) in [7, 11) is 1.44. The Morgan fingerprint density at radius 3 is 2.95 bits per heavy atom. The van der Waals surface area contributed by atoms with Crippen molar-refractivity contribution in [2.24, 2.45) is 0 Å². The van der Waals surface area contributed by atoms with Crippen LogP contribution in [0.3, 0.4) is 0 Å². The Labute approximate surface area is 129 Å². The Bertz CT molecular complexity index is 739. The van der Waals surface area contributed by atoms with Gasteiger partial charge < -0.3 is 14.5 Å². The van der Waals surface area contributed by atoms with Gasteiger partial charge in [-0.15, -0.1) is 0 Å². The van der Waals surface area contributed by atoms with Crippen LogP contribution in [-0.4, -0.2) is 36.8 Å². The number of para-hydroxylation sites is 1. The minimum atomic E-state index is -0.342. The van der Waals surface area contributed by atoms with Gasteiger partial charge in [-0.25, -0.2) is 0 Å². The Kier molecular flexibility index (Phi) is 3.03. The normalized spacial score (nSPS) is 30.6. The number of benzene rings is 1. The van der Waals surface area contributed by atoms with E-state index in [2.05, 4.69) is 29.4 Å². The van der Waals surface area contributed by atoms with Crippen LogP contribution in [0, 0.1) is 0 Å². The Balaban J connectivity index is 1.92. The molecule has 2 aliphatic heterocycles. The zero-order valence-corrected chi connectivity index (χ0v) is 12.8. The topological polar surface area (TPSA) is 63.4 Å². The molecule has 0 bridgehead atoms. The molecular formula is C17H20N2O3. The van der Waals surface area contributed by atoms with E-state index in [0.29, 0.717) is 13.0 Å². The third-order valence-corrected chi connectivity index (χ3v) is 5.14. The molecule has 5 heteroatoms. The molecule has 3 atom stereocenters. The number of H-pyrrole nitrogens is 1. The third kappa shape index (κ3) is 1.76. The molecule has 0 saturated carbocycles. The number of hydrogen-bond donors (Lipinski definition) is 2. The molecular weight excluding hydrogens is 280 g/mol. The van der Waals surface area contributed by atoms with E-state index in [0.717, 1.165) is 11.9 Å². The maximum Gasteiger partial charge on any atom is 0.323 e. The zero-order valence-electron chi connectivity index (χ0n) is 12.8. The van der Waals surface area contributed by atoms with Crippen LogP contribution < -0.4 is 5.32 Å². The summed E-state index contributed by atoms with van der Waals surface area (Å²) in [6, 6.07) is 7.91. The SMILES string of the molecule is COC(=O)[C@@H]1Cc2c([nH]c3ccccc23)C2(CCOC2C)N1. The van der Waals surface area contributed by atoms with E-state index in [4.69, 9.17) is 9.47 Å². The van der Waals surface area contributed by atoms with Gasteiger partial charge in [-0.1, -0.05) is 18.2 Å². The van der Waals surface area contributed by atoms with Gasteiger partial charge in [0.25, 0.3) is 0 Å². The average Bonchev–Trinajstić information content (AvgIpc) is 3.09. The summed E-state index contributed by atoms with van der Waals surface area (Å²) in [4.78, 5) is 15.7. The van der Waals surface area contributed by atoms with Crippen molar-refractivity contribution >= 4 is 16.9 Å². The Hall–Kier alpha value is -1.85. The summed E-state index contributed by atoms with van der Waals surface area (Å²) in [5.74, 6) is -0.214. The lowest BCUT2D eigenvalue weighted by Gasteiger charge is -2.40. The number of hydrogen-bond acceptors (Lipinski definition) is 4. The zero-order chi connectivity index (χ0) is 15.3. The number of aromatic amines is 1. The van der Waals surface area contributed by atoms with E-state index in [9.17, 15) is 4.79 Å². The van der Waals surface area contributed by atoms with Crippen molar-refractivity contribution in [2.75, 3.05) is 13.7 Å². The molecule has 0 radical (unpaired) electrons. The Morgan fingerprint density at radius 1 is 1.41 bits per heavy atom. The molecule has 116 valence electrons. The first-order valence-corrected chi connectivity index (χ1v) is 7.73. The number of fused-ring (bicyclic) bond motifs is 4. The maximum absolute atomic E-state index is 12.1. The highest BCUT2D eigenvalue weighted by Gasteiger charge is 2.50. The minimum absolute atomic E-state index is 0.00627. The first-order chi connectivity index (χ1) is 10.7. The third-order valence-electron chi connectivity index (χ3n) is 5.14. The summed E-state index contributed by atoms with van der Waals surface area (Å²) in [6.45, 7) is 2.76. The molecule has 1 fully saturated rings. The van der Waals surface area contributed by atoms with Crippen LogP contribution in [0.25, 0.3) is 10.9 Å². The molecule has 2 aliphatic rings. The molecule has 1 aromatic carbocycles. The van der Waals surface area contributed by atoms with Gasteiger partial charge in [0.2, 0.25) is 0 Å². The van der Waals surface area contributed by atoms with E-state index >= 15 is 0 Å². The molecule has 2 unspecified atom stereocenters. The van der Waals surface area contributed by atoms with Gasteiger partial charge in [0, 0.05) is 29.6 Å². The number of carbonyl (C=O) groups is 1. The van der Waals surface area contributed by atoms with E-state index in [1.165, 1.54) is 23.8 Å². The van der Waals surface area contributed by atoms with Crippen LogP contribution in [0.2, 0.25) is 0 Å². The van der Waals surface area contributed by atoms with Crippen LogP contribution in [-0.2, 0) is 26.2 Å². The van der Waals surface area contributed by atoms with E-state index < -0.39 is 0 Å². The van der Waals surface area contributed by atoms with E-state index in [1.54, 1.807) is 0 Å². The molecule has 1 aromatic heterocycles. The van der Waals surface area contributed by atoms with Crippen molar-refractivity contribution in [3.8, 4) is 0 Å². The predicted molar refractivity (Wildman–Crippen MR) is 82.7 cm³/mol. The van der Waals surface area contributed by atoms with E-state index in [1.807, 2.05) is 12.1 Å². The highest BCUT2D eigenvalue weighted by atomic mass is 16.5. The quantitative estimate of drug-likeness (QED) is 0.789. The van der Waals surface area contributed by atoms with Crippen LogP contribution >= 0.6 is 0 Å². The second kappa shape index (κ2) is 4.83. The summed E-state index contributed by atoms with van der Waals surface area (Å²) in [6.07, 6.45) is 1.49. The van der Waals surface area contributed by atoms with Gasteiger partial charge in [0.05, 0.1) is 18.8 Å². The predicted octanol–water partition coefficient (Wildman–Crippen LogP) is 1.86. The lowest BCUT2D eigenvalue weighted by atomic mass is 9.79. The summed E-state index contributed by atoms with van der Waals surface area (Å²) < 4.78 is 10.8. The molecule has 2 N–H and O–H groups in total. The molecule has 4 rings (SSSR count). The molecule has 22 heavy (non-hydrogen) atoms. The lowest BCUT2D eigenvalue weighted by Crippen LogP contribution is -2.59. The largest absolute Gasteiger partial charge is 0.468 e. The van der Waals surface area contributed by atoms with Crippen molar-refractivity contribution in [1.82, 2.24) is 10.3 Å². The number of carbonyl (C=O) groups excluding carboxylic acids is 1. The molecule has 2 aromatic rings. The fourth-order valence-electron chi connectivity index (χ4n) is 3.98. The highest BCUT2D eigenvalue weighted by Crippen LogP contribution is 2.43. The highest BCUT2D eigenvalue weighted by molar-refractivity contribution is 5.87. The van der Waals surface area contributed by atoms with Gasteiger partial charge >= 0.3 is 5.97 Å². The first-order valence-electron chi connectivity index (χ1n) is 7.73. The average molecular weight is 300 g/mol. The molecule has 5 nitrogen and oxygen atoms in total. The van der Waals surface area contributed by atoms with Crippen molar-refractivity contribution in [3.63, 3.8) is 0 Å². The minimum Gasteiger partial charge on any atom is -0.468 e. The smallest absolute Gasteiger partial charge is 0.323 e. The second-order valence-corrected chi connectivity index (χ2v) is 6.18. The maximum atomic E-state index is 12.1. The van der Waals surface area contributed by atoms with Crippen LogP contribution in [0.15, 0.2) is 24.3 Å². The number of rotatable bonds is 1. The lowest BCUT2D eigenvalue weighted by molar-refractivity contribution is -0.144. The monoisotopic (exact) mass is 300 g/mol. The fraction of sp³-hybridized carbons (Fsp3) is 0.471. The van der Waals surface area contributed by atoms with Crippen LogP contribution in [0.4, 0.5) is 0 Å².